The number of nitrogens with one attached hydrogen (secondary N) is 1. The first kappa shape index (κ1) is 15.9. The van der Waals surface area contributed by atoms with Crippen LogP contribution < -0.4 is 5.32 Å². The summed E-state index contributed by atoms with van der Waals surface area (Å²) in [6, 6.07) is 11.5. The zero-order valence-electron chi connectivity index (χ0n) is 12.0. The van der Waals surface area contributed by atoms with Crippen LogP contribution in [0.25, 0.3) is 0 Å². The van der Waals surface area contributed by atoms with E-state index in [9.17, 15) is 8.78 Å². The molecule has 2 atom stereocenters. The molecular weight excluding hydrogens is 292 g/mol. The van der Waals surface area contributed by atoms with E-state index in [1.165, 1.54) is 18.2 Å². The molecule has 0 aromatic heterocycles. The number of hydrogen-bond donors (Lipinski definition) is 1. The molecule has 4 heteroatoms. The van der Waals surface area contributed by atoms with Crippen molar-refractivity contribution in [2.45, 2.75) is 32.4 Å². The van der Waals surface area contributed by atoms with Crippen LogP contribution in [-0.4, -0.2) is 6.04 Å². The van der Waals surface area contributed by atoms with Crippen molar-refractivity contribution in [1.29, 1.82) is 0 Å². The molecule has 2 aromatic rings. The van der Waals surface area contributed by atoms with E-state index < -0.39 is 11.6 Å². The van der Waals surface area contributed by atoms with E-state index in [1.54, 1.807) is 0 Å². The third-order valence-electron chi connectivity index (χ3n) is 3.48. The highest BCUT2D eigenvalue weighted by molar-refractivity contribution is 6.30. The SMILES string of the molecule is CC(Cc1c(F)cccc1F)NC(C)c1ccc(Cl)cc1. The van der Waals surface area contributed by atoms with Crippen LogP contribution in [0.1, 0.15) is 31.0 Å². The Morgan fingerprint density at radius 2 is 1.57 bits per heavy atom. The molecule has 1 N–H and O–H groups in total. The van der Waals surface area contributed by atoms with Crippen molar-refractivity contribution in [3.63, 3.8) is 0 Å². The monoisotopic (exact) mass is 309 g/mol. The minimum absolute atomic E-state index is 0.0536. The van der Waals surface area contributed by atoms with E-state index in [2.05, 4.69) is 5.32 Å². The molecule has 2 rings (SSSR count). The lowest BCUT2D eigenvalue weighted by atomic mass is 10.0. The molecule has 2 aromatic carbocycles. The van der Waals surface area contributed by atoms with Gasteiger partial charge in [0.05, 0.1) is 0 Å². The standard InChI is InChI=1S/C17H18ClF2N/c1-11(10-15-16(19)4-3-5-17(15)20)21-12(2)13-6-8-14(18)9-7-13/h3-9,11-12,21H,10H2,1-2H3. The maximum atomic E-state index is 13.6. The first-order chi connectivity index (χ1) is 9.97. The molecule has 0 saturated heterocycles. The lowest BCUT2D eigenvalue weighted by Crippen LogP contribution is -2.31. The fourth-order valence-electron chi connectivity index (χ4n) is 2.37. The maximum absolute atomic E-state index is 13.6. The summed E-state index contributed by atoms with van der Waals surface area (Å²) in [5.41, 5.74) is 1.21. The molecule has 2 unspecified atom stereocenters. The van der Waals surface area contributed by atoms with Crippen molar-refractivity contribution >= 4 is 11.6 Å². The summed E-state index contributed by atoms with van der Waals surface area (Å²) in [7, 11) is 0. The highest BCUT2D eigenvalue weighted by atomic mass is 35.5. The summed E-state index contributed by atoms with van der Waals surface area (Å²) in [4.78, 5) is 0. The van der Waals surface area contributed by atoms with E-state index in [0.29, 0.717) is 11.4 Å². The van der Waals surface area contributed by atoms with Gasteiger partial charge in [0.15, 0.2) is 0 Å². The predicted octanol–water partition coefficient (Wildman–Crippen LogP) is 4.90. The zero-order chi connectivity index (χ0) is 15.4. The van der Waals surface area contributed by atoms with Gasteiger partial charge in [-0.25, -0.2) is 8.78 Å². The third-order valence-corrected chi connectivity index (χ3v) is 3.73. The average molecular weight is 310 g/mol. The van der Waals surface area contributed by atoms with Gasteiger partial charge in [-0.15, -0.1) is 0 Å². The van der Waals surface area contributed by atoms with Crippen molar-refractivity contribution in [3.05, 3.63) is 70.2 Å². The van der Waals surface area contributed by atoms with E-state index in [0.717, 1.165) is 5.56 Å². The van der Waals surface area contributed by atoms with Gasteiger partial charge in [0, 0.05) is 22.7 Å². The van der Waals surface area contributed by atoms with Crippen molar-refractivity contribution in [2.75, 3.05) is 0 Å². The van der Waals surface area contributed by atoms with Gasteiger partial charge >= 0.3 is 0 Å². The zero-order valence-corrected chi connectivity index (χ0v) is 12.8. The highest BCUT2D eigenvalue weighted by Crippen LogP contribution is 2.19. The van der Waals surface area contributed by atoms with Crippen molar-refractivity contribution in [3.8, 4) is 0 Å². The Hall–Kier alpha value is -1.45. The van der Waals surface area contributed by atoms with Crippen LogP contribution in [0.4, 0.5) is 8.78 Å². The fourth-order valence-corrected chi connectivity index (χ4v) is 2.49. The van der Waals surface area contributed by atoms with E-state index >= 15 is 0 Å². The minimum Gasteiger partial charge on any atom is -0.307 e. The molecule has 0 aliphatic rings. The Labute approximate surface area is 128 Å². The van der Waals surface area contributed by atoms with Gasteiger partial charge in [0.25, 0.3) is 0 Å². The van der Waals surface area contributed by atoms with Crippen LogP contribution >= 0.6 is 11.6 Å². The molecule has 0 saturated carbocycles. The molecule has 0 fully saturated rings. The molecular formula is C17H18ClF2N. The number of benzene rings is 2. The van der Waals surface area contributed by atoms with Crippen molar-refractivity contribution in [1.82, 2.24) is 5.32 Å². The Morgan fingerprint density at radius 1 is 1.00 bits per heavy atom. The molecule has 112 valence electrons. The quantitative estimate of drug-likeness (QED) is 0.828. The van der Waals surface area contributed by atoms with Crippen molar-refractivity contribution in [2.24, 2.45) is 0 Å². The second-order valence-corrected chi connectivity index (χ2v) is 5.68. The van der Waals surface area contributed by atoms with Crippen LogP contribution in [0.15, 0.2) is 42.5 Å². The summed E-state index contributed by atoms with van der Waals surface area (Å²) < 4.78 is 27.3. The van der Waals surface area contributed by atoms with Crippen LogP contribution in [0.3, 0.4) is 0 Å². The molecule has 0 bridgehead atoms. The van der Waals surface area contributed by atoms with Crippen molar-refractivity contribution < 1.29 is 8.78 Å². The van der Waals surface area contributed by atoms with Gasteiger partial charge in [-0.05, 0) is 50.1 Å². The Bertz CT molecular complexity index is 578. The Morgan fingerprint density at radius 3 is 2.14 bits per heavy atom. The van der Waals surface area contributed by atoms with Crippen LogP contribution in [0.2, 0.25) is 5.02 Å². The van der Waals surface area contributed by atoms with Gasteiger partial charge in [0.1, 0.15) is 11.6 Å². The lowest BCUT2D eigenvalue weighted by Gasteiger charge is -2.21. The molecule has 0 spiro atoms. The van der Waals surface area contributed by atoms with Crippen LogP contribution in [-0.2, 0) is 6.42 Å². The van der Waals surface area contributed by atoms with Gasteiger partial charge < -0.3 is 5.32 Å². The van der Waals surface area contributed by atoms with E-state index in [4.69, 9.17) is 11.6 Å². The summed E-state index contributed by atoms with van der Waals surface area (Å²) in [5, 5.41) is 4.03. The second-order valence-electron chi connectivity index (χ2n) is 5.25. The van der Waals surface area contributed by atoms with Gasteiger partial charge in [-0.1, -0.05) is 29.8 Å². The number of rotatable bonds is 5. The van der Waals surface area contributed by atoms with Crippen LogP contribution in [0.5, 0.6) is 0 Å². The third kappa shape index (κ3) is 4.26. The van der Waals surface area contributed by atoms with E-state index in [-0.39, 0.29) is 17.6 Å². The topological polar surface area (TPSA) is 12.0 Å². The predicted molar refractivity (Wildman–Crippen MR) is 82.5 cm³/mol. The molecule has 21 heavy (non-hydrogen) atoms. The molecule has 0 heterocycles. The van der Waals surface area contributed by atoms with Crippen LogP contribution in [0, 0.1) is 11.6 Å². The first-order valence-corrected chi connectivity index (χ1v) is 7.29. The van der Waals surface area contributed by atoms with E-state index in [1.807, 2.05) is 38.1 Å². The molecule has 1 nitrogen and oxygen atoms in total. The number of halogens is 3. The first-order valence-electron chi connectivity index (χ1n) is 6.91. The maximum Gasteiger partial charge on any atom is 0.129 e. The summed E-state index contributed by atoms with van der Waals surface area (Å²) in [5.74, 6) is -0.995. The highest BCUT2D eigenvalue weighted by Gasteiger charge is 2.14. The largest absolute Gasteiger partial charge is 0.307 e. The molecule has 0 aliphatic carbocycles. The molecule has 0 aliphatic heterocycles. The average Bonchev–Trinajstić information content (AvgIpc) is 2.43. The second kappa shape index (κ2) is 7.01. The lowest BCUT2D eigenvalue weighted by molar-refractivity contribution is 0.457. The molecule has 0 amide bonds. The summed E-state index contributed by atoms with van der Waals surface area (Å²) in [6.07, 6.45) is 0.302. The van der Waals surface area contributed by atoms with Gasteiger partial charge in [0.2, 0.25) is 0 Å². The fraction of sp³-hybridized carbons (Fsp3) is 0.294. The normalized spacial score (nSPS) is 14.0. The molecule has 0 radical (unpaired) electrons. The van der Waals surface area contributed by atoms with Gasteiger partial charge in [-0.2, -0.15) is 0 Å². The Balaban J connectivity index is 2.01. The summed E-state index contributed by atoms with van der Waals surface area (Å²) in [6.45, 7) is 3.93. The Kier molecular flexibility index (Phi) is 5.32. The summed E-state index contributed by atoms with van der Waals surface area (Å²) >= 11 is 5.86. The van der Waals surface area contributed by atoms with Gasteiger partial charge in [-0.3, -0.25) is 0 Å². The smallest absolute Gasteiger partial charge is 0.129 e. The number of hydrogen-bond acceptors (Lipinski definition) is 1. The minimum atomic E-state index is -0.497.